The average Bonchev–Trinajstić information content (AvgIpc) is 2.87. The molecule has 0 unspecified atom stereocenters. The Morgan fingerprint density at radius 1 is 1.25 bits per heavy atom. The molecule has 0 amide bonds. The zero-order valence-electron chi connectivity index (χ0n) is 12.3. The second-order valence-corrected chi connectivity index (χ2v) is 6.75. The van der Waals surface area contributed by atoms with Gasteiger partial charge in [-0.25, -0.2) is 4.98 Å². The lowest BCUT2D eigenvalue weighted by atomic mass is 9.93. The molecule has 0 aliphatic carbocycles. The highest BCUT2D eigenvalue weighted by Gasteiger charge is 2.17. The van der Waals surface area contributed by atoms with Crippen molar-refractivity contribution in [2.45, 2.75) is 39.2 Å². The Balaban J connectivity index is 2.04. The molecule has 0 atom stereocenters. The molecule has 1 aromatic heterocycles. The number of nitrogens with two attached hydrogens (primary N) is 1. The predicted octanol–water partition coefficient (Wildman–Crippen LogP) is 3.52. The van der Waals surface area contributed by atoms with Crippen LogP contribution < -0.4 is 10.5 Å². The van der Waals surface area contributed by atoms with Crippen LogP contribution in [0.1, 0.15) is 37.0 Å². The molecule has 0 spiro atoms. The molecular formula is C16H22N2OS. The van der Waals surface area contributed by atoms with E-state index in [4.69, 9.17) is 10.5 Å². The van der Waals surface area contributed by atoms with Crippen molar-refractivity contribution in [1.29, 1.82) is 0 Å². The zero-order valence-corrected chi connectivity index (χ0v) is 13.2. The van der Waals surface area contributed by atoms with Crippen LogP contribution in [0.25, 0.3) is 0 Å². The van der Waals surface area contributed by atoms with Crippen LogP contribution in [-0.2, 0) is 18.4 Å². The average molecular weight is 290 g/mol. The highest BCUT2D eigenvalue weighted by Crippen LogP contribution is 2.25. The van der Waals surface area contributed by atoms with Gasteiger partial charge in [-0.15, -0.1) is 11.3 Å². The monoisotopic (exact) mass is 290 g/mol. The molecule has 1 heterocycles. The zero-order chi connectivity index (χ0) is 14.6. The summed E-state index contributed by atoms with van der Waals surface area (Å²) in [6, 6.07) is 8.05. The van der Waals surface area contributed by atoms with E-state index in [9.17, 15) is 0 Å². The maximum Gasteiger partial charge on any atom is 0.140 e. The summed E-state index contributed by atoms with van der Waals surface area (Å²) in [5.41, 5.74) is 7.99. The van der Waals surface area contributed by atoms with Crippen molar-refractivity contribution >= 4 is 11.3 Å². The molecule has 3 nitrogen and oxygen atoms in total. The molecular weight excluding hydrogens is 268 g/mol. The van der Waals surface area contributed by atoms with Crippen LogP contribution in [0.5, 0.6) is 5.75 Å². The first kappa shape index (κ1) is 15.0. The third kappa shape index (κ3) is 3.81. The van der Waals surface area contributed by atoms with Gasteiger partial charge in [0, 0.05) is 10.8 Å². The maximum absolute atomic E-state index is 5.89. The second kappa shape index (κ2) is 6.37. The molecule has 2 N–H and O–H groups in total. The highest BCUT2D eigenvalue weighted by molar-refractivity contribution is 7.09. The highest BCUT2D eigenvalue weighted by atomic mass is 32.1. The van der Waals surface area contributed by atoms with Crippen molar-refractivity contribution < 1.29 is 4.74 Å². The number of para-hydroxylation sites is 1. The Hall–Kier alpha value is -1.39. The van der Waals surface area contributed by atoms with E-state index in [0.29, 0.717) is 13.2 Å². The van der Waals surface area contributed by atoms with E-state index in [0.717, 1.165) is 28.4 Å². The van der Waals surface area contributed by atoms with Gasteiger partial charge in [0.15, 0.2) is 0 Å². The minimum atomic E-state index is 0.0895. The van der Waals surface area contributed by atoms with Crippen LogP contribution in [0, 0.1) is 0 Å². The molecule has 4 heteroatoms. The van der Waals surface area contributed by atoms with Crippen molar-refractivity contribution in [1.82, 2.24) is 4.98 Å². The van der Waals surface area contributed by atoms with Crippen LogP contribution >= 0.6 is 11.3 Å². The first-order valence-corrected chi connectivity index (χ1v) is 7.74. The van der Waals surface area contributed by atoms with Gasteiger partial charge < -0.3 is 10.5 Å². The van der Waals surface area contributed by atoms with Gasteiger partial charge in [-0.3, -0.25) is 0 Å². The molecule has 0 saturated heterocycles. The van der Waals surface area contributed by atoms with E-state index in [1.54, 1.807) is 11.3 Å². The predicted molar refractivity (Wildman–Crippen MR) is 84.3 cm³/mol. The number of hydrogen-bond donors (Lipinski definition) is 1. The Morgan fingerprint density at radius 2 is 2.00 bits per heavy atom. The van der Waals surface area contributed by atoms with Gasteiger partial charge in [-0.05, 0) is 24.6 Å². The summed E-state index contributed by atoms with van der Waals surface area (Å²) < 4.78 is 5.89. The molecule has 20 heavy (non-hydrogen) atoms. The van der Waals surface area contributed by atoms with Crippen LogP contribution in [0.2, 0.25) is 0 Å². The van der Waals surface area contributed by atoms with Gasteiger partial charge in [0.1, 0.15) is 17.4 Å². The molecule has 0 aliphatic heterocycles. The van der Waals surface area contributed by atoms with Crippen LogP contribution in [-0.4, -0.2) is 11.5 Å². The Labute approximate surface area is 124 Å². The maximum atomic E-state index is 5.89. The second-order valence-electron chi connectivity index (χ2n) is 5.81. The first-order chi connectivity index (χ1) is 9.50. The number of rotatable bonds is 5. The molecule has 2 aromatic rings. The fourth-order valence-corrected chi connectivity index (χ4v) is 2.80. The third-order valence-corrected chi connectivity index (χ3v) is 3.88. The summed E-state index contributed by atoms with van der Waals surface area (Å²) in [6.45, 7) is 7.66. The normalized spacial score (nSPS) is 11.6. The summed E-state index contributed by atoms with van der Waals surface area (Å²) >= 11 is 1.65. The summed E-state index contributed by atoms with van der Waals surface area (Å²) in [4.78, 5) is 4.64. The van der Waals surface area contributed by atoms with Gasteiger partial charge >= 0.3 is 0 Å². The van der Waals surface area contributed by atoms with Crippen molar-refractivity contribution in [3.05, 3.63) is 45.9 Å². The fourth-order valence-electron chi connectivity index (χ4n) is 1.87. The van der Waals surface area contributed by atoms with E-state index < -0.39 is 0 Å². The van der Waals surface area contributed by atoms with Gasteiger partial charge in [0.2, 0.25) is 0 Å². The molecule has 2 rings (SSSR count). The van der Waals surface area contributed by atoms with Gasteiger partial charge in [-0.1, -0.05) is 39.0 Å². The van der Waals surface area contributed by atoms with Gasteiger partial charge in [0.25, 0.3) is 0 Å². The Morgan fingerprint density at radius 3 is 2.65 bits per heavy atom. The molecule has 0 aliphatic rings. The Bertz CT molecular complexity index is 558. The quantitative estimate of drug-likeness (QED) is 0.916. The number of hydrogen-bond acceptors (Lipinski definition) is 4. The molecule has 0 saturated carbocycles. The molecule has 108 valence electrons. The van der Waals surface area contributed by atoms with E-state index in [2.05, 4.69) is 37.2 Å². The third-order valence-electron chi connectivity index (χ3n) is 3.06. The van der Waals surface area contributed by atoms with Crippen molar-refractivity contribution in [2.75, 3.05) is 6.54 Å². The summed E-state index contributed by atoms with van der Waals surface area (Å²) in [5, 5.41) is 3.13. The van der Waals surface area contributed by atoms with Crippen LogP contribution in [0.3, 0.4) is 0 Å². The number of thiazole rings is 1. The SMILES string of the molecule is CC(C)(C)c1csc(COc2ccccc2CCN)n1. The lowest BCUT2D eigenvalue weighted by Gasteiger charge is -2.14. The van der Waals surface area contributed by atoms with E-state index in [1.165, 1.54) is 0 Å². The van der Waals surface area contributed by atoms with Gasteiger partial charge in [-0.2, -0.15) is 0 Å². The first-order valence-electron chi connectivity index (χ1n) is 6.86. The summed E-state index contributed by atoms with van der Waals surface area (Å²) in [6.07, 6.45) is 0.835. The Kier molecular flexibility index (Phi) is 4.78. The molecule has 0 bridgehead atoms. The van der Waals surface area contributed by atoms with E-state index in [1.807, 2.05) is 18.2 Å². The fraction of sp³-hybridized carbons (Fsp3) is 0.438. The smallest absolute Gasteiger partial charge is 0.140 e. The van der Waals surface area contributed by atoms with Gasteiger partial charge in [0.05, 0.1) is 5.69 Å². The number of ether oxygens (including phenoxy) is 1. The van der Waals surface area contributed by atoms with Crippen molar-refractivity contribution in [3.63, 3.8) is 0 Å². The summed E-state index contributed by atoms with van der Waals surface area (Å²) in [7, 11) is 0. The lowest BCUT2D eigenvalue weighted by molar-refractivity contribution is 0.301. The van der Waals surface area contributed by atoms with Crippen molar-refractivity contribution in [3.8, 4) is 5.75 Å². The number of benzene rings is 1. The lowest BCUT2D eigenvalue weighted by Crippen LogP contribution is -2.11. The topological polar surface area (TPSA) is 48.1 Å². The van der Waals surface area contributed by atoms with E-state index >= 15 is 0 Å². The van der Waals surface area contributed by atoms with Crippen LogP contribution in [0.4, 0.5) is 0 Å². The van der Waals surface area contributed by atoms with E-state index in [-0.39, 0.29) is 5.41 Å². The van der Waals surface area contributed by atoms with Crippen molar-refractivity contribution in [2.24, 2.45) is 5.73 Å². The van der Waals surface area contributed by atoms with Crippen LogP contribution in [0.15, 0.2) is 29.6 Å². The molecule has 0 fully saturated rings. The molecule has 0 radical (unpaired) electrons. The molecule has 1 aromatic carbocycles. The summed E-state index contributed by atoms with van der Waals surface area (Å²) in [5.74, 6) is 0.908. The standard InChI is InChI=1S/C16H22N2OS/c1-16(2,3)14-11-20-15(18-14)10-19-13-7-5-4-6-12(13)8-9-17/h4-7,11H,8-10,17H2,1-3H3. The number of aromatic nitrogens is 1. The minimum Gasteiger partial charge on any atom is -0.486 e. The minimum absolute atomic E-state index is 0.0895. The largest absolute Gasteiger partial charge is 0.486 e. The number of nitrogens with zero attached hydrogens (tertiary/aromatic N) is 1.